The van der Waals surface area contributed by atoms with E-state index in [0.717, 1.165) is 6.42 Å². The molecule has 0 spiro atoms. The molecule has 0 bridgehead atoms. The van der Waals surface area contributed by atoms with Crippen molar-refractivity contribution in [2.75, 3.05) is 0 Å². The normalized spacial score (nSPS) is 10.9. The lowest BCUT2D eigenvalue weighted by Crippen LogP contribution is -2.01. The van der Waals surface area contributed by atoms with E-state index in [1.54, 1.807) is 12.1 Å². The van der Waals surface area contributed by atoms with Gasteiger partial charge in [0, 0.05) is 12.0 Å². The van der Waals surface area contributed by atoms with Gasteiger partial charge in [-0.05, 0) is 24.5 Å². The number of hydrogen-bond donors (Lipinski definition) is 0. The Hall–Kier alpha value is -0.240. The number of Topliss-reactive ketones (excluding diaryl/α,β-unsaturated/α-hetero) is 1. The maximum absolute atomic E-state index is 11.8. The molecule has 0 fully saturated rings. The minimum atomic E-state index is 0.0502. The Kier molecular flexibility index (Phi) is 5.10. The number of ketones is 1. The summed E-state index contributed by atoms with van der Waals surface area (Å²) in [7, 11) is 0. The molecule has 88 valence electrons. The molecule has 0 unspecified atom stereocenters. The number of halogens is 3. The van der Waals surface area contributed by atoms with Crippen molar-refractivity contribution in [3.05, 3.63) is 32.8 Å². The molecule has 0 amide bonds. The maximum Gasteiger partial charge on any atom is 0.162 e. The van der Waals surface area contributed by atoms with Crippen molar-refractivity contribution in [1.82, 2.24) is 0 Å². The Morgan fingerprint density at radius 1 is 1.19 bits per heavy atom. The molecule has 1 nitrogen and oxygen atoms in total. The summed E-state index contributed by atoms with van der Waals surface area (Å²) in [5, 5.41) is 0.938. The van der Waals surface area contributed by atoms with Crippen LogP contribution in [-0.4, -0.2) is 5.78 Å². The number of carbonyl (C=O) groups excluding carboxylic acids is 1. The zero-order chi connectivity index (χ0) is 12.3. The molecule has 4 heteroatoms. The highest BCUT2D eigenvalue weighted by Crippen LogP contribution is 2.31. The summed E-state index contributed by atoms with van der Waals surface area (Å²) in [6.07, 6.45) is 1.36. The molecule has 0 atom stereocenters. The van der Waals surface area contributed by atoms with Gasteiger partial charge in [0.2, 0.25) is 0 Å². The predicted octanol–water partition coefficient (Wildman–Crippen LogP) is 5.27. The minimum absolute atomic E-state index is 0.0502. The van der Waals surface area contributed by atoms with Gasteiger partial charge in [-0.15, -0.1) is 0 Å². The van der Waals surface area contributed by atoms with Crippen molar-refractivity contribution in [3.63, 3.8) is 0 Å². The Morgan fingerprint density at radius 2 is 1.69 bits per heavy atom. The first-order valence-electron chi connectivity index (χ1n) is 5.09. The Balaban J connectivity index is 2.84. The molecule has 0 radical (unpaired) electrons. The molecule has 0 heterocycles. The van der Waals surface area contributed by atoms with E-state index < -0.39 is 0 Å². The van der Waals surface area contributed by atoms with Crippen LogP contribution in [0.15, 0.2) is 12.1 Å². The zero-order valence-electron chi connectivity index (χ0n) is 9.19. The van der Waals surface area contributed by atoms with Gasteiger partial charge in [-0.25, -0.2) is 0 Å². The lowest BCUT2D eigenvalue weighted by molar-refractivity contribution is 0.0975. The smallest absolute Gasteiger partial charge is 0.162 e. The molecule has 1 rings (SSSR count). The summed E-state index contributed by atoms with van der Waals surface area (Å²) in [4.78, 5) is 11.8. The van der Waals surface area contributed by atoms with Crippen LogP contribution in [0.25, 0.3) is 0 Å². The van der Waals surface area contributed by atoms with E-state index in [2.05, 4.69) is 13.8 Å². The number of benzene rings is 1. The molecular formula is C12H13Cl3O. The molecule has 0 saturated heterocycles. The summed E-state index contributed by atoms with van der Waals surface area (Å²) in [6, 6.07) is 3.14. The van der Waals surface area contributed by atoms with Gasteiger partial charge >= 0.3 is 0 Å². The largest absolute Gasteiger partial charge is 0.294 e. The van der Waals surface area contributed by atoms with Crippen molar-refractivity contribution in [2.45, 2.75) is 26.7 Å². The fourth-order valence-corrected chi connectivity index (χ4v) is 1.88. The average Bonchev–Trinajstić information content (AvgIpc) is 2.21. The summed E-state index contributed by atoms with van der Waals surface area (Å²) < 4.78 is 0. The molecule has 0 saturated carbocycles. The fourth-order valence-electron chi connectivity index (χ4n) is 1.28. The molecule has 0 N–H and O–H groups in total. The summed E-state index contributed by atoms with van der Waals surface area (Å²) in [5.74, 6) is 0.552. The van der Waals surface area contributed by atoms with Gasteiger partial charge in [0.1, 0.15) is 0 Å². The van der Waals surface area contributed by atoms with Gasteiger partial charge in [0.15, 0.2) is 5.78 Å². The Labute approximate surface area is 111 Å². The molecule has 0 aromatic heterocycles. The predicted molar refractivity (Wildman–Crippen MR) is 69.9 cm³/mol. The van der Waals surface area contributed by atoms with Crippen LogP contribution in [0, 0.1) is 5.92 Å². The Morgan fingerprint density at radius 3 is 2.12 bits per heavy atom. The van der Waals surface area contributed by atoms with Crippen molar-refractivity contribution in [1.29, 1.82) is 0 Å². The van der Waals surface area contributed by atoms with Gasteiger partial charge in [-0.1, -0.05) is 48.7 Å². The van der Waals surface area contributed by atoms with E-state index in [-0.39, 0.29) is 5.78 Å². The van der Waals surface area contributed by atoms with Gasteiger partial charge < -0.3 is 0 Å². The van der Waals surface area contributed by atoms with E-state index in [0.29, 0.717) is 33.0 Å². The van der Waals surface area contributed by atoms with E-state index in [1.807, 2.05) is 0 Å². The Bertz CT molecular complexity index is 376. The summed E-state index contributed by atoms with van der Waals surface area (Å²) in [6.45, 7) is 4.16. The van der Waals surface area contributed by atoms with Gasteiger partial charge in [-0.3, -0.25) is 4.79 Å². The molecule has 0 aliphatic heterocycles. The monoisotopic (exact) mass is 278 g/mol. The quantitative estimate of drug-likeness (QED) is 0.542. The third kappa shape index (κ3) is 3.65. The van der Waals surface area contributed by atoms with E-state index in [4.69, 9.17) is 34.8 Å². The second kappa shape index (κ2) is 5.90. The first-order chi connectivity index (χ1) is 7.41. The highest BCUT2D eigenvalue weighted by molar-refractivity contribution is 6.48. The van der Waals surface area contributed by atoms with Crippen molar-refractivity contribution in [3.8, 4) is 0 Å². The van der Waals surface area contributed by atoms with Crippen molar-refractivity contribution in [2.24, 2.45) is 5.92 Å². The van der Waals surface area contributed by atoms with Crippen LogP contribution in [-0.2, 0) is 0 Å². The van der Waals surface area contributed by atoms with Crippen LogP contribution in [0.1, 0.15) is 37.0 Å². The standard InChI is InChI=1S/C12H13Cl3O/c1-7(2)3-4-11(16)8-5-9(13)12(15)10(14)6-8/h5-7H,3-4H2,1-2H3. The number of carbonyl (C=O) groups is 1. The van der Waals surface area contributed by atoms with E-state index >= 15 is 0 Å². The molecule has 0 aliphatic rings. The van der Waals surface area contributed by atoms with Crippen LogP contribution in [0.4, 0.5) is 0 Å². The third-order valence-corrected chi connectivity index (χ3v) is 3.45. The van der Waals surface area contributed by atoms with Gasteiger partial charge in [-0.2, -0.15) is 0 Å². The van der Waals surface area contributed by atoms with E-state index in [1.165, 1.54) is 0 Å². The van der Waals surface area contributed by atoms with Crippen LogP contribution < -0.4 is 0 Å². The summed E-state index contributed by atoms with van der Waals surface area (Å²) >= 11 is 17.5. The summed E-state index contributed by atoms with van der Waals surface area (Å²) in [5.41, 5.74) is 0.528. The number of rotatable bonds is 4. The van der Waals surface area contributed by atoms with Crippen LogP contribution in [0.5, 0.6) is 0 Å². The fraction of sp³-hybridized carbons (Fsp3) is 0.417. The van der Waals surface area contributed by atoms with Crippen molar-refractivity contribution < 1.29 is 4.79 Å². The lowest BCUT2D eigenvalue weighted by atomic mass is 10.0. The average molecular weight is 280 g/mol. The second-order valence-corrected chi connectivity index (χ2v) is 5.30. The maximum atomic E-state index is 11.8. The van der Waals surface area contributed by atoms with Gasteiger partial charge in [0.25, 0.3) is 0 Å². The topological polar surface area (TPSA) is 17.1 Å². The highest BCUT2D eigenvalue weighted by Gasteiger charge is 2.12. The molecule has 1 aromatic rings. The molecule has 0 aliphatic carbocycles. The van der Waals surface area contributed by atoms with E-state index in [9.17, 15) is 4.79 Å². The zero-order valence-corrected chi connectivity index (χ0v) is 11.5. The minimum Gasteiger partial charge on any atom is -0.294 e. The van der Waals surface area contributed by atoms with Crippen LogP contribution in [0.3, 0.4) is 0 Å². The third-order valence-electron chi connectivity index (χ3n) is 2.25. The first-order valence-corrected chi connectivity index (χ1v) is 6.23. The first kappa shape index (κ1) is 13.8. The molecule has 16 heavy (non-hydrogen) atoms. The highest BCUT2D eigenvalue weighted by atomic mass is 35.5. The second-order valence-electron chi connectivity index (χ2n) is 4.11. The SMILES string of the molecule is CC(C)CCC(=O)c1cc(Cl)c(Cl)c(Cl)c1. The van der Waals surface area contributed by atoms with Crippen LogP contribution >= 0.6 is 34.8 Å². The molecular weight excluding hydrogens is 266 g/mol. The molecule has 1 aromatic carbocycles. The van der Waals surface area contributed by atoms with Crippen molar-refractivity contribution >= 4 is 40.6 Å². The van der Waals surface area contributed by atoms with Crippen LogP contribution in [0.2, 0.25) is 15.1 Å². The number of hydrogen-bond acceptors (Lipinski definition) is 1. The van der Waals surface area contributed by atoms with Gasteiger partial charge in [0.05, 0.1) is 15.1 Å². The lowest BCUT2D eigenvalue weighted by Gasteiger charge is -2.06.